The fraction of sp³-hybridized carbons (Fsp3) is 0.333. The van der Waals surface area contributed by atoms with E-state index in [-0.39, 0.29) is 28.7 Å². The summed E-state index contributed by atoms with van der Waals surface area (Å²) in [6.45, 7) is 7.32. The molecule has 0 aliphatic carbocycles. The minimum atomic E-state index is -3.95. The smallest absolute Gasteiger partial charge is 0.269 e. The van der Waals surface area contributed by atoms with Crippen LogP contribution in [0.5, 0.6) is 5.75 Å². The number of nitrogens with one attached hydrogen (secondary N) is 1. The number of benzene rings is 2. The van der Waals surface area contributed by atoms with Gasteiger partial charge in [-0.25, -0.2) is 12.7 Å². The van der Waals surface area contributed by atoms with Gasteiger partial charge in [0.15, 0.2) is 0 Å². The fourth-order valence-electron chi connectivity index (χ4n) is 3.20. The van der Waals surface area contributed by atoms with Crippen LogP contribution in [-0.2, 0) is 16.6 Å². The van der Waals surface area contributed by atoms with E-state index in [9.17, 15) is 18.0 Å². The Morgan fingerprint density at radius 1 is 1.10 bits per heavy atom. The molecule has 7 nitrogen and oxygen atoms in total. The van der Waals surface area contributed by atoms with E-state index in [2.05, 4.69) is 5.32 Å². The van der Waals surface area contributed by atoms with Gasteiger partial charge in [-0.1, -0.05) is 18.2 Å². The molecule has 0 bridgehead atoms. The summed E-state index contributed by atoms with van der Waals surface area (Å²) in [4.78, 5) is 24.9. The summed E-state index contributed by atoms with van der Waals surface area (Å²) in [5, 5.41) is 2.78. The van der Waals surface area contributed by atoms with E-state index in [0.29, 0.717) is 5.75 Å². The number of rotatable bonds is 6. The standard InChI is InChI=1S/C21H24N2O5S/c1-13(2)23-21(25)17-10-9-15(11-19(17)29(23,26)27)20(24)22-12-16-7-5-6-8-18(16)28-14(3)4/h5-11,13-14H,12H2,1-4H3,(H,22,24). The predicted molar refractivity (Wildman–Crippen MR) is 108 cm³/mol. The van der Waals surface area contributed by atoms with Gasteiger partial charge in [0.1, 0.15) is 10.6 Å². The lowest BCUT2D eigenvalue weighted by atomic mass is 10.1. The van der Waals surface area contributed by atoms with Gasteiger partial charge in [-0.05, 0) is 52.0 Å². The molecule has 0 aromatic heterocycles. The van der Waals surface area contributed by atoms with Crippen molar-refractivity contribution in [2.24, 2.45) is 0 Å². The molecule has 1 heterocycles. The summed E-state index contributed by atoms with van der Waals surface area (Å²) in [5.41, 5.74) is 1.07. The topological polar surface area (TPSA) is 92.8 Å². The molecule has 2 amide bonds. The summed E-state index contributed by atoms with van der Waals surface area (Å²) < 4.78 is 32.0. The largest absolute Gasteiger partial charge is 0.491 e. The maximum atomic E-state index is 12.7. The number of carbonyl (C=O) groups excluding carboxylic acids is 2. The van der Waals surface area contributed by atoms with E-state index in [1.165, 1.54) is 18.2 Å². The van der Waals surface area contributed by atoms with Crippen LogP contribution in [0.3, 0.4) is 0 Å². The molecule has 1 aliphatic rings. The molecule has 1 N–H and O–H groups in total. The predicted octanol–water partition coefficient (Wildman–Crippen LogP) is 2.96. The van der Waals surface area contributed by atoms with Crippen LogP contribution in [0.15, 0.2) is 47.4 Å². The van der Waals surface area contributed by atoms with Crippen LogP contribution in [0.25, 0.3) is 0 Å². The van der Waals surface area contributed by atoms with Gasteiger partial charge in [0.25, 0.3) is 21.8 Å². The number of carbonyl (C=O) groups is 2. The molecule has 0 unspecified atom stereocenters. The molecule has 3 rings (SSSR count). The van der Waals surface area contributed by atoms with Crippen molar-refractivity contribution in [2.45, 2.75) is 51.3 Å². The number of hydrogen-bond donors (Lipinski definition) is 1. The molecule has 0 fully saturated rings. The van der Waals surface area contributed by atoms with Gasteiger partial charge < -0.3 is 10.1 Å². The zero-order valence-corrected chi connectivity index (χ0v) is 17.6. The Hall–Kier alpha value is -2.87. The maximum Gasteiger partial charge on any atom is 0.269 e. The summed E-state index contributed by atoms with van der Waals surface area (Å²) in [5.74, 6) is -0.322. The van der Waals surface area contributed by atoms with E-state index in [1.807, 2.05) is 38.1 Å². The Bertz CT molecular complexity index is 1060. The Morgan fingerprint density at radius 2 is 1.79 bits per heavy atom. The minimum absolute atomic E-state index is 0.00444. The van der Waals surface area contributed by atoms with Gasteiger partial charge in [0, 0.05) is 23.7 Å². The highest BCUT2D eigenvalue weighted by molar-refractivity contribution is 7.90. The van der Waals surface area contributed by atoms with Crippen LogP contribution in [-0.4, -0.2) is 36.7 Å². The Kier molecular flexibility index (Phi) is 5.66. The number of ether oxygens (including phenoxy) is 1. The minimum Gasteiger partial charge on any atom is -0.491 e. The van der Waals surface area contributed by atoms with Crippen molar-refractivity contribution in [1.82, 2.24) is 9.62 Å². The molecule has 0 saturated heterocycles. The second kappa shape index (κ2) is 7.87. The Labute approximate surface area is 170 Å². The lowest BCUT2D eigenvalue weighted by molar-refractivity contribution is 0.0845. The summed E-state index contributed by atoms with van der Waals surface area (Å²) in [6.07, 6.45) is -0.00444. The van der Waals surface area contributed by atoms with Crippen molar-refractivity contribution >= 4 is 21.8 Å². The van der Waals surface area contributed by atoms with E-state index < -0.39 is 27.9 Å². The van der Waals surface area contributed by atoms with E-state index in [0.717, 1.165) is 9.87 Å². The normalized spacial score (nSPS) is 15.0. The zero-order valence-electron chi connectivity index (χ0n) is 16.8. The molecule has 0 atom stereocenters. The van der Waals surface area contributed by atoms with Crippen LogP contribution in [0.4, 0.5) is 0 Å². The van der Waals surface area contributed by atoms with Crippen LogP contribution >= 0.6 is 0 Å². The number of hydrogen-bond acceptors (Lipinski definition) is 5. The lowest BCUT2D eigenvalue weighted by Gasteiger charge is -2.18. The first-order valence-electron chi connectivity index (χ1n) is 9.38. The van der Waals surface area contributed by atoms with Gasteiger partial charge in [-0.3, -0.25) is 9.59 Å². The molecule has 154 valence electrons. The van der Waals surface area contributed by atoms with E-state index >= 15 is 0 Å². The second-order valence-electron chi connectivity index (χ2n) is 7.37. The van der Waals surface area contributed by atoms with Crippen molar-refractivity contribution < 1.29 is 22.7 Å². The fourth-order valence-corrected chi connectivity index (χ4v) is 4.99. The molecule has 29 heavy (non-hydrogen) atoms. The average Bonchev–Trinajstić information content (AvgIpc) is 2.85. The van der Waals surface area contributed by atoms with Crippen LogP contribution < -0.4 is 10.1 Å². The maximum absolute atomic E-state index is 12.7. The van der Waals surface area contributed by atoms with Crippen molar-refractivity contribution in [2.75, 3.05) is 0 Å². The van der Waals surface area contributed by atoms with Gasteiger partial charge in [0.05, 0.1) is 11.7 Å². The Morgan fingerprint density at radius 3 is 2.45 bits per heavy atom. The van der Waals surface area contributed by atoms with Gasteiger partial charge in [-0.2, -0.15) is 0 Å². The number of amides is 2. The number of para-hydroxylation sites is 1. The highest BCUT2D eigenvalue weighted by Gasteiger charge is 2.42. The summed E-state index contributed by atoms with van der Waals surface area (Å²) >= 11 is 0. The number of nitrogens with zero attached hydrogens (tertiary/aromatic N) is 1. The third kappa shape index (κ3) is 3.98. The quantitative estimate of drug-likeness (QED) is 0.782. The molecule has 2 aromatic carbocycles. The molecule has 0 radical (unpaired) electrons. The van der Waals surface area contributed by atoms with Crippen molar-refractivity contribution in [3.63, 3.8) is 0 Å². The molecule has 2 aromatic rings. The first-order chi connectivity index (χ1) is 13.6. The van der Waals surface area contributed by atoms with Crippen LogP contribution in [0.1, 0.15) is 54.0 Å². The van der Waals surface area contributed by atoms with Gasteiger partial charge in [-0.15, -0.1) is 0 Å². The number of fused-ring (bicyclic) bond motifs is 1. The van der Waals surface area contributed by atoms with Crippen LogP contribution in [0.2, 0.25) is 0 Å². The zero-order chi connectivity index (χ0) is 21.3. The number of sulfonamides is 1. The average molecular weight is 416 g/mol. The lowest BCUT2D eigenvalue weighted by Crippen LogP contribution is -2.36. The molecular formula is C21H24N2O5S. The summed E-state index contributed by atoms with van der Waals surface area (Å²) in [7, 11) is -3.95. The third-order valence-electron chi connectivity index (χ3n) is 4.45. The second-order valence-corrected chi connectivity index (χ2v) is 9.15. The first-order valence-corrected chi connectivity index (χ1v) is 10.8. The summed E-state index contributed by atoms with van der Waals surface area (Å²) in [6, 6.07) is 11.0. The molecule has 0 spiro atoms. The van der Waals surface area contributed by atoms with Gasteiger partial charge in [0.2, 0.25) is 0 Å². The van der Waals surface area contributed by atoms with Crippen molar-refractivity contribution in [1.29, 1.82) is 0 Å². The van der Waals surface area contributed by atoms with E-state index in [4.69, 9.17) is 4.74 Å². The van der Waals surface area contributed by atoms with E-state index in [1.54, 1.807) is 13.8 Å². The highest BCUT2D eigenvalue weighted by Crippen LogP contribution is 2.32. The first kappa shape index (κ1) is 20.9. The molecule has 0 saturated carbocycles. The van der Waals surface area contributed by atoms with Crippen molar-refractivity contribution in [3.8, 4) is 5.75 Å². The third-order valence-corrected chi connectivity index (χ3v) is 6.45. The van der Waals surface area contributed by atoms with Crippen LogP contribution in [0, 0.1) is 0 Å². The SMILES string of the molecule is CC(C)Oc1ccccc1CNC(=O)c1ccc2c(c1)S(=O)(=O)N(C(C)C)C2=O. The van der Waals surface area contributed by atoms with Crippen molar-refractivity contribution in [3.05, 3.63) is 59.2 Å². The molecular weight excluding hydrogens is 392 g/mol. The monoisotopic (exact) mass is 416 g/mol. The Balaban J connectivity index is 1.82. The van der Waals surface area contributed by atoms with Gasteiger partial charge >= 0.3 is 0 Å². The molecule has 8 heteroatoms. The molecule has 1 aliphatic heterocycles. The highest BCUT2D eigenvalue weighted by atomic mass is 32.2.